The lowest BCUT2D eigenvalue weighted by Gasteiger charge is -2.18. The molecule has 184 valence electrons. The van der Waals surface area contributed by atoms with Crippen molar-refractivity contribution in [3.8, 4) is 5.75 Å². The van der Waals surface area contributed by atoms with Crippen molar-refractivity contribution in [3.63, 3.8) is 0 Å². The van der Waals surface area contributed by atoms with Gasteiger partial charge in [-0.3, -0.25) is 4.79 Å². The largest absolute Gasteiger partial charge is 0.496 e. The quantitative estimate of drug-likeness (QED) is 0.190. The lowest BCUT2D eigenvalue weighted by Crippen LogP contribution is -2.23. The molecule has 1 aromatic heterocycles. The van der Waals surface area contributed by atoms with E-state index in [-0.39, 0.29) is 23.4 Å². The van der Waals surface area contributed by atoms with Gasteiger partial charge >= 0.3 is 6.18 Å². The second-order valence-corrected chi connectivity index (χ2v) is 8.51. The number of benzene rings is 2. The number of carbonyl (C=O) groups excluding carboxylic acids is 1. The van der Waals surface area contributed by atoms with Crippen LogP contribution in [0.3, 0.4) is 0 Å². The Labute approximate surface area is 213 Å². The van der Waals surface area contributed by atoms with Crippen LogP contribution in [-0.2, 0) is 6.54 Å². The third kappa shape index (κ3) is 6.87. The first kappa shape index (κ1) is 26.8. The summed E-state index contributed by atoms with van der Waals surface area (Å²) < 4.78 is 60.1. The summed E-state index contributed by atoms with van der Waals surface area (Å²) >= 11 is 17.1. The lowest BCUT2D eigenvalue weighted by atomic mass is 9.96. The number of rotatable bonds is 7. The zero-order valence-electron chi connectivity index (χ0n) is 18.0. The number of nitrogens with one attached hydrogen (secondary N) is 1. The molecule has 0 bridgehead atoms. The second kappa shape index (κ2) is 11.3. The Hall–Kier alpha value is -2.81. The molecule has 0 aliphatic heterocycles. The van der Waals surface area contributed by atoms with Gasteiger partial charge in [0.05, 0.1) is 28.6 Å². The lowest BCUT2D eigenvalue weighted by molar-refractivity contribution is -0.139. The van der Waals surface area contributed by atoms with E-state index in [2.05, 4.69) is 10.3 Å². The number of pyridine rings is 1. The Balaban J connectivity index is 1.82. The highest BCUT2D eigenvalue weighted by Gasteiger charge is 2.39. The Morgan fingerprint density at radius 3 is 2.37 bits per heavy atom. The van der Waals surface area contributed by atoms with Crippen LogP contribution in [0.2, 0.25) is 15.2 Å². The van der Waals surface area contributed by atoms with E-state index < -0.39 is 33.9 Å². The average Bonchev–Trinajstić information content (AvgIpc) is 2.81. The van der Waals surface area contributed by atoms with Gasteiger partial charge in [0, 0.05) is 12.7 Å². The molecule has 0 saturated heterocycles. The van der Waals surface area contributed by atoms with E-state index in [1.165, 1.54) is 37.6 Å². The van der Waals surface area contributed by atoms with Crippen molar-refractivity contribution >= 4 is 46.8 Å². The van der Waals surface area contributed by atoms with Gasteiger partial charge in [-0.05, 0) is 47.0 Å². The molecule has 4 nitrogen and oxygen atoms in total. The Bertz CT molecular complexity index is 1230. The minimum absolute atomic E-state index is 0.162. The van der Waals surface area contributed by atoms with Crippen LogP contribution in [-0.4, -0.2) is 24.2 Å². The van der Waals surface area contributed by atoms with E-state index in [1.807, 2.05) is 0 Å². The molecule has 0 aliphatic carbocycles. The Morgan fingerprint density at radius 2 is 1.80 bits per heavy atom. The number of nitrogens with zero attached hydrogens (tertiary/aromatic N) is 1. The number of carbonyl (C=O) groups is 1. The maximum atomic E-state index is 13.7. The molecule has 1 atom stereocenters. The van der Waals surface area contributed by atoms with Crippen molar-refractivity contribution < 1.29 is 27.1 Å². The van der Waals surface area contributed by atoms with Crippen LogP contribution >= 0.6 is 34.8 Å². The summed E-state index contributed by atoms with van der Waals surface area (Å²) in [5.41, 5.74) is 0.940. The van der Waals surface area contributed by atoms with Crippen LogP contribution in [0.25, 0.3) is 6.08 Å². The molecule has 11 heteroatoms. The molecular weight excluding hydrogens is 531 g/mol. The highest BCUT2D eigenvalue weighted by molar-refractivity contribution is 6.35. The highest BCUT2D eigenvalue weighted by Crippen LogP contribution is 2.39. The van der Waals surface area contributed by atoms with Gasteiger partial charge in [0.2, 0.25) is 0 Å². The van der Waals surface area contributed by atoms with E-state index in [4.69, 9.17) is 39.5 Å². The third-order valence-electron chi connectivity index (χ3n) is 4.91. The van der Waals surface area contributed by atoms with Crippen molar-refractivity contribution in [2.24, 2.45) is 0 Å². The van der Waals surface area contributed by atoms with Gasteiger partial charge in [-0.1, -0.05) is 59.1 Å². The highest BCUT2D eigenvalue weighted by atomic mass is 35.5. The van der Waals surface area contributed by atoms with Crippen LogP contribution in [0.4, 0.5) is 17.6 Å². The number of halogens is 7. The van der Waals surface area contributed by atoms with E-state index in [1.54, 1.807) is 12.1 Å². The van der Waals surface area contributed by atoms with Gasteiger partial charge in [0.1, 0.15) is 10.9 Å². The van der Waals surface area contributed by atoms with Gasteiger partial charge in [-0.15, -0.1) is 0 Å². The molecule has 2 aromatic carbocycles. The summed E-state index contributed by atoms with van der Waals surface area (Å²) in [5.74, 6) is -3.38. The summed E-state index contributed by atoms with van der Waals surface area (Å²) in [6.07, 6.45) is -1.07. The molecular formula is C24H17Cl3F4N2O2. The number of alkyl halides is 3. The summed E-state index contributed by atoms with van der Waals surface area (Å²) in [6, 6.07) is 9.39. The van der Waals surface area contributed by atoms with E-state index in [0.717, 1.165) is 23.8 Å². The monoisotopic (exact) mass is 546 g/mol. The Morgan fingerprint density at radius 1 is 1.11 bits per heavy atom. The van der Waals surface area contributed by atoms with Crippen LogP contribution in [0.15, 0.2) is 54.7 Å². The van der Waals surface area contributed by atoms with Crippen molar-refractivity contribution in [1.82, 2.24) is 10.3 Å². The maximum Gasteiger partial charge on any atom is 0.399 e. The van der Waals surface area contributed by atoms with Crippen LogP contribution in [0.1, 0.15) is 33.0 Å². The normalized spacial score (nSPS) is 12.6. The molecule has 0 aliphatic rings. The first-order valence-corrected chi connectivity index (χ1v) is 11.1. The van der Waals surface area contributed by atoms with Gasteiger partial charge < -0.3 is 10.1 Å². The zero-order chi connectivity index (χ0) is 25.8. The molecule has 1 unspecified atom stereocenters. The number of hydrogen-bond donors (Lipinski definition) is 1. The van der Waals surface area contributed by atoms with Gasteiger partial charge in [0.25, 0.3) is 5.91 Å². The number of amides is 1. The SMILES string of the molecule is COc1cc(C=CC(c2cc(Cl)c(F)c(Cl)c2)C(F)(F)F)ccc1C(=O)NCc1ccc(Cl)nc1. The Kier molecular flexibility index (Phi) is 8.64. The van der Waals surface area contributed by atoms with Gasteiger partial charge in [-0.25, -0.2) is 9.37 Å². The fourth-order valence-electron chi connectivity index (χ4n) is 3.16. The fraction of sp³-hybridized carbons (Fsp3) is 0.167. The van der Waals surface area contributed by atoms with Gasteiger partial charge in [0.15, 0.2) is 5.82 Å². The molecule has 3 rings (SSSR count). The van der Waals surface area contributed by atoms with Crippen LogP contribution < -0.4 is 10.1 Å². The third-order valence-corrected chi connectivity index (χ3v) is 5.68. The zero-order valence-corrected chi connectivity index (χ0v) is 20.2. The van der Waals surface area contributed by atoms with Crippen LogP contribution in [0.5, 0.6) is 5.75 Å². The topological polar surface area (TPSA) is 51.2 Å². The van der Waals surface area contributed by atoms with E-state index >= 15 is 0 Å². The minimum atomic E-state index is -4.69. The summed E-state index contributed by atoms with van der Waals surface area (Å²) in [7, 11) is 1.34. The second-order valence-electron chi connectivity index (χ2n) is 7.31. The van der Waals surface area contributed by atoms with Crippen LogP contribution in [0, 0.1) is 5.82 Å². The number of ether oxygens (including phenoxy) is 1. The fourth-order valence-corrected chi connectivity index (χ4v) is 3.77. The molecule has 0 radical (unpaired) electrons. The van der Waals surface area contributed by atoms with Crippen molar-refractivity contribution in [2.45, 2.75) is 18.6 Å². The first-order chi connectivity index (χ1) is 16.5. The predicted octanol–water partition coefficient (Wildman–Crippen LogP) is 7.48. The average molecular weight is 548 g/mol. The summed E-state index contributed by atoms with van der Waals surface area (Å²) in [4.78, 5) is 16.5. The molecule has 0 spiro atoms. The first-order valence-electron chi connectivity index (χ1n) is 9.95. The van der Waals surface area contributed by atoms with Crippen molar-refractivity contribution in [3.05, 3.63) is 98.0 Å². The van der Waals surface area contributed by atoms with Crippen molar-refractivity contribution in [2.75, 3.05) is 7.11 Å². The molecule has 0 saturated carbocycles. The van der Waals surface area contributed by atoms with E-state index in [0.29, 0.717) is 10.7 Å². The molecule has 1 amide bonds. The maximum absolute atomic E-state index is 13.7. The summed E-state index contributed by atoms with van der Waals surface area (Å²) in [5, 5.41) is 2.01. The predicted molar refractivity (Wildman–Crippen MR) is 128 cm³/mol. The molecule has 35 heavy (non-hydrogen) atoms. The number of allylic oxidation sites excluding steroid dienone is 1. The van der Waals surface area contributed by atoms with Crippen molar-refractivity contribution in [1.29, 1.82) is 0 Å². The minimum Gasteiger partial charge on any atom is -0.496 e. The number of aromatic nitrogens is 1. The molecule has 1 N–H and O–H groups in total. The molecule has 3 aromatic rings. The smallest absolute Gasteiger partial charge is 0.399 e. The molecule has 0 fully saturated rings. The van der Waals surface area contributed by atoms with E-state index in [9.17, 15) is 22.4 Å². The number of hydrogen-bond acceptors (Lipinski definition) is 3. The number of methoxy groups -OCH3 is 1. The van der Waals surface area contributed by atoms with Gasteiger partial charge in [-0.2, -0.15) is 13.2 Å². The molecule has 1 heterocycles. The standard InChI is InChI=1S/C24H17Cl3F4N2O2/c1-35-20-8-13(2-5-16(20)23(34)33-12-14-4-7-21(27)32-11-14)3-6-17(24(29,30)31)15-9-18(25)22(28)19(26)10-15/h2-11,17H,12H2,1H3,(H,33,34). The summed E-state index contributed by atoms with van der Waals surface area (Å²) in [6.45, 7) is 0.184.